The standard InChI is InChI=1S/C14H8F3N.C7H13NO2.C2H6/c15-10-3-1-8(2-4-10)13-6-9-5-11(16)7-12(17)14(9)18-13;1-2-8-7(9)10-6-4-3-5-6;1-2/h1-7,18H;6H,2-5H2,1H3,(H,8,9);1-2H3. The molecule has 0 bridgehead atoms. The fourth-order valence-corrected chi connectivity index (χ4v) is 2.78. The number of aromatic amines is 1. The van der Waals surface area contributed by atoms with Gasteiger partial charge >= 0.3 is 6.09 Å². The average molecular weight is 420 g/mol. The van der Waals surface area contributed by atoms with Crippen molar-refractivity contribution < 1.29 is 22.7 Å². The number of fused-ring (bicyclic) bond motifs is 1. The summed E-state index contributed by atoms with van der Waals surface area (Å²) in [6.45, 7) is 6.52. The van der Waals surface area contributed by atoms with Crippen molar-refractivity contribution in [1.82, 2.24) is 10.3 Å². The average Bonchev–Trinajstić information content (AvgIpc) is 3.12. The van der Waals surface area contributed by atoms with Gasteiger partial charge in [-0.3, -0.25) is 0 Å². The molecular weight excluding hydrogens is 393 g/mol. The van der Waals surface area contributed by atoms with Gasteiger partial charge in [-0.1, -0.05) is 13.8 Å². The van der Waals surface area contributed by atoms with E-state index in [1.165, 1.54) is 24.6 Å². The third-order valence-electron chi connectivity index (χ3n) is 4.45. The smallest absolute Gasteiger partial charge is 0.407 e. The van der Waals surface area contributed by atoms with Crippen LogP contribution in [0.15, 0.2) is 42.5 Å². The van der Waals surface area contributed by atoms with E-state index in [0.717, 1.165) is 18.9 Å². The second-order valence-corrected chi connectivity index (χ2v) is 6.53. The number of amides is 1. The zero-order chi connectivity index (χ0) is 22.1. The van der Waals surface area contributed by atoms with E-state index in [-0.39, 0.29) is 23.5 Å². The molecule has 1 heterocycles. The SMILES string of the molecule is CC.CCNC(=O)OC1CCC1.Fc1ccc(-c2cc3cc(F)cc(F)c3[nH]2)cc1. The lowest BCUT2D eigenvalue weighted by molar-refractivity contribution is 0.0528. The van der Waals surface area contributed by atoms with Gasteiger partial charge in [-0.15, -0.1) is 0 Å². The van der Waals surface area contributed by atoms with Gasteiger partial charge in [-0.2, -0.15) is 0 Å². The molecule has 0 spiro atoms. The molecule has 162 valence electrons. The van der Waals surface area contributed by atoms with Crippen LogP contribution in [0.1, 0.15) is 40.0 Å². The Morgan fingerprint density at radius 2 is 1.73 bits per heavy atom. The Bertz CT molecular complexity index is 951. The van der Waals surface area contributed by atoms with Gasteiger partial charge in [0.1, 0.15) is 23.6 Å². The van der Waals surface area contributed by atoms with E-state index < -0.39 is 11.6 Å². The van der Waals surface area contributed by atoms with Gasteiger partial charge in [0.25, 0.3) is 0 Å². The first-order valence-corrected chi connectivity index (χ1v) is 10.1. The number of carbonyl (C=O) groups is 1. The van der Waals surface area contributed by atoms with Crippen molar-refractivity contribution in [1.29, 1.82) is 0 Å². The van der Waals surface area contributed by atoms with Crippen LogP contribution >= 0.6 is 0 Å². The van der Waals surface area contributed by atoms with E-state index in [4.69, 9.17) is 4.74 Å². The molecular formula is C23H27F3N2O2. The molecule has 1 saturated carbocycles. The molecule has 0 unspecified atom stereocenters. The Kier molecular flexibility index (Phi) is 8.77. The molecule has 2 aromatic carbocycles. The first-order chi connectivity index (χ1) is 14.5. The molecule has 0 aliphatic heterocycles. The van der Waals surface area contributed by atoms with Gasteiger partial charge in [0.05, 0.1) is 5.52 Å². The van der Waals surface area contributed by atoms with Gasteiger partial charge in [0.2, 0.25) is 0 Å². The molecule has 0 atom stereocenters. The summed E-state index contributed by atoms with van der Waals surface area (Å²) in [5, 5.41) is 3.03. The van der Waals surface area contributed by atoms with Crippen LogP contribution in [0.3, 0.4) is 0 Å². The molecule has 2 N–H and O–H groups in total. The molecule has 3 aromatic rings. The zero-order valence-electron chi connectivity index (χ0n) is 17.4. The topological polar surface area (TPSA) is 54.1 Å². The fourth-order valence-electron chi connectivity index (χ4n) is 2.78. The molecule has 30 heavy (non-hydrogen) atoms. The predicted molar refractivity (Wildman–Crippen MR) is 113 cm³/mol. The Balaban J connectivity index is 0.000000228. The molecule has 0 saturated heterocycles. The second kappa shape index (κ2) is 11.3. The van der Waals surface area contributed by atoms with E-state index in [9.17, 15) is 18.0 Å². The molecule has 1 aliphatic carbocycles. The van der Waals surface area contributed by atoms with Crippen LogP contribution in [0, 0.1) is 17.5 Å². The summed E-state index contributed by atoms with van der Waals surface area (Å²) in [4.78, 5) is 13.6. The molecule has 4 nitrogen and oxygen atoms in total. The zero-order valence-corrected chi connectivity index (χ0v) is 17.4. The molecule has 4 rings (SSSR count). The monoisotopic (exact) mass is 420 g/mol. The second-order valence-electron chi connectivity index (χ2n) is 6.53. The van der Waals surface area contributed by atoms with E-state index in [1.54, 1.807) is 18.2 Å². The number of hydrogen-bond donors (Lipinski definition) is 2. The summed E-state index contributed by atoms with van der Waals surface area (Å²) in [6.07, 6.45) is 3.21. The molecule has 7 heteroatoms. The van der Waals surface area contributed by atoms with Gasteiger partial charge in [0.15, 0.2) is 0 Å². The first-order valence-electron chi connectivity index (χ1n) is 10.1. The molecule has 1 amide bonds. The summed E-state index contributed by atoms with van der Waals surface area (Å²) >= 11 is 0. The van der Waals surface area contributed by atoms with Crippen molar-refractivity contribution in [2.24, 2.45) is 0 Å². The van der Waals surface area contributed by atoms with Crippen LogP contribution in [-0.2, 0) is 4.74 Å². The number of rotatable bonds is 3. The van der Waals surface area contributed by atoms with E-state index in [0.29, 0.717) is 23.2 Å². The highest BCUT2D eigenvalue weighted by atomic mass is 19.1. The minimum Gasteiger partial charge on any atom is -0.446 e. The van der Waals surface area contributed by atoms with Crippen LogP contribution in [0.4, 0.5) is 18.0 Å². The molecule has 1 aliphatic rings. The van der Waals surface area contributed by atoms with Crippen LogP contribution in [0.2, 0.25) is 0 Å². The highest BCUT2D eigenvalue weighted by molar-refractivity contribution is 5.86. The fraction of sp³-hybridized carbons (Fsp3) is 0.348. The quantitative estimate of drug-likeness (QED) is 0.504. The van der Waals surface area contributed by atoms with Crippen molar-refractivity contribution in [2.75, 3.05) is 6.54 Å². The first kappa shape index (κ1) is 23.3. The van der Waals surface area contributed by atoms with Crippen LogP contribution in [0.5, 0.6) is 0 Å². The van der Waals surface area contributed by atoms with E-state index in [2.05, 4.69) is 10.3 Å². The lowest BCUT2D eigenvalue weighted by Crippen LogP contribution is -2.32. The number of benzene rings is 2. The molecule has 1 aromatic heterocycles. The highest BCUT2D eigenvalue weighted by Gasteiger charge is 2.20. The normalized spacial score (nSPS) is 12.7. The minimum atomic E-state index is -0.640. The number of hydrogen-bond acceptors (Lipinski definition) is 2. The molecule has 1 fully saturated rings. The van der Waals surface area contributed by atoms with Crippen molar-refractivity contribution in [2.45, 2.75) is 46.1 Å². The summed E-state index contributed by atoms with van der Waals surface area (Å²) in [5.74, 6) is -1.60. The lowest BCUT2D eigenvalue weighted by Gasteiger charge is -2.24. The maximum Gasteiger partial charge on any atom is 0.407 e. The third kappa shape index (κ3) is 6.27. The number of aromatic nitrogens is 1. The Hall–Kier alpha value is -2.96. The van der Waals surface area contributed by atoms with Crippen LogP contribution < -0.4 is 5.32 Å². The Morgan fingerprint density at radius 1 is 1.07 bits per heavy atom. The summed E-state index contributed by atoms with van der Waals surface area (Å²) in [7, 11) is 0. The Morgan fingerprint density at radius 3 is 2.30 bits per heavy atom. The summed E-state index contributed by atoms with van der Waals surface area (Å²) < 4.78 is 44.3. The largest absolute Gasteiger partial charge is 0.446 e. The summed E-state index contributed by atoms with van der Waals surface area (Å²) in [6, 6.07) is 9.50. The summed E-state index contributed by atoms with van der Waals surface area (Å²) in [5.41, 5.74) is 1.58. The third-order valence-corrected chi connectivity index (χ3v) is 4.45. The molecule has 0 radical (unpaired) electrons. The van der Waals surface area contributed by atoms with Crippen molar-refractivity contribution in [3.63, 3.8) is 0 Å². The predicted octanol–water partition coefficient (Wildman–Crippen LogP) is 6.56. The number of H-pyrrole nitrogens is 1. The number of nitrogens with one attached hydrogen (secondary N) is 2. The lowest BCUT2D eigenvalue weighted by atomic mass is 9.96. The van der Waals surface area contributed by atoms with E-state index in [1.807, 2.05) is 20.8 Å². The van der Waals surface area contributed by atoms with Crippen LogP contribution in [-0.4, -0.2) is 23.7 Å². The van der Waals surface area contributed by atoms with Crippen molar-refractivity contribution in [3.05, 3.63) is 59.9 Å². The highest BCUT2D eigenvalue weighted by Crippen LogP contribution is 2.26. The number of halogens is 3. The number of alkyl carbamates (subject to hydrolysis) is 1. The van der Waals surface area contributed by atoms with E-state index >= 15 is 0 Å². The van der Waals surface area contributed by atoms with Crippen molar-refractivity contribution in [3.8, 4) is 11.3 Å². The van der Waals surface area contributed by atoms with Gasteiger partial charge in [0, 0.05) is 23.7 Å². The maximum absolute atomic E-state index is 13.5. The van der Waals surface area contributed by atoms with Crippen LogP contribution in [0.25, 0.3) is 22.2 Å². The van der Waals surface area contributed by atoms with Gasteiger partial charge < -0.3 is 15.0 Å². The van der Waals surface area contributed by atoms with Crippen molar-refractivity contribution >= 4 is 17.0 Å². The van der Waals surface area contributed by atoms with Gasteiger partial charge in [-0.05, 0) is 68.1 Å². The number of carbonyl (C=O) groups excluding carboxylic acids is 1. The Labute approximate surface area is 174 Å². The maximum atomic E-state index is 13.5. The number of ether oxygens (including phenoxy) is 1. The minimum absolute atomic E-state index is 0.201. The van der Waals surface area contributed by atoms with Gasteiger partial charge in [-0.25, -0.2) is 18.0 Å².